The van der Waals surface area contributed by atoms with E-state index in [-0.39, 0.29) is 49.4 Å². The van der Waals surface area contributed by atoms with Crippen LogP contribution in [0.4, 0.5) is 13.2 Å². The molecule has 0 spiro atoms. The molecule has 0 aliphatic carbocycles. The first-order valence-electron chi connectivity index (χ1n) is 23.6. The first-order valence-corrected chi connectivity index (χ1v) is 24.4. The second kappa shape index (κ2) is 20.7. The number of amidine groups is 1. The fourth-order valence-electron chi connectivity index (χ4n) is 9.48. The molecule has 6 heterocycles. The molecule has 4 aliphatic heterocycles. The summed E-state index contributed by atoms with van der Waals surface area (Å²) in [5.41, 5.74) is 6.23. The number of rotatable bonds is 11. The number of benzene rings is 2. The Hall–Kier alpha value is -5.93. The normalized spacial score (nSPS) is 19.0. The fraction of sp³-hybridized carbons (Fsp3) is 0.520. The minimum atomic E-state index is -4.61. The van der Waals surface area contributed by atoms with Crippen molar-refractivity contribution in [2.45, 2.75) is 116 Å². The molecule has 3 fully saturated rings. The molecule has 2 aromatic carbocycles. The maximum absolute atomic E-state index is 14.0. The number of thiazole rings is 1. The van der Waals surface area contributed by atoms with Gasteiger partial charge in [0.2, 0.25) is 17.7 Å². The third-order valence-electron chi connectivity index (χ3n) is 13.5. The summed E-state index contributed by atoms with van der Waals surface area (Å²) in [5, 5.41) is 17.2. The molecule has 2 N–H and O–H groups in total. The van der Waals surface area contributed by atoms with Crippen LogP contribution >= 0.6 is 11.3 Å². The molecule has 4 aromatic rings. The van der Waals surface area contributed by atoms with E-state index in [2.05, 4.69) is 76.8 Å². The molecule has 68 heavy (non-hydrogen) atoms. The first kappa shape index (κ1) is 48.5. The summed E-state index contributed by atoms with van der Waals surface area (Å²) >= 11 is 1.57. The topological polar surface area (TPSA) is 158 Å². The number of aryl methyl sites for hydroxylation is 2. The number of hydrogen-bond donors (Lipinski definition) is 2. The van der Waals surface area contributed by atoms with E-state index >= 15 is 0 Å². The molecule has 0 bridgehead atoms. The van der Waals surface area contributed by atoms with Gasteiger partial charge in [-0.1, -0.05) is 69.0 Å². The van der Waals surface area contributed by atoms with Gasteiger partial charge in [0.05, 0.1) is 22.6 Å². The minimum Gasteiger partial charge on any atom is -0.359 e. The summed E-state index contributed by atoms with van der Waals surface area (Å²) in [6, 6.07) is 14.4. The number of fused-ring (bicyclic) bond motifs is 1. The van der Waals surface area contributed by atoms with Gasteiger partial charge >= 0.3 is 6.18 Å². The number of nitrogens with zero attached hydrogens (tertiary/aromatic N) is 8. The molecule has 0 radical (unpaired) electrons. The van der Waals surface area contributed by atoms with Gasteiger partial charge in [-0.15, -0.1) is 21.5 Å². The van der Waals surface area contributed by atoms with Crippen LogP contribution in [0.1, 0.15) is 112 Å². The molecule has 4 aliphatic rings. The highest BCUT2D eigenvalue weighted by Crippen LogP contribution is 2.33. The predicted molar refractivity (Wildman–Crippen MR) is 252 cm³/mol. The van der Waals surface area contributed by atoms with Crippen LogP contribution in [0.15, 0.2) is 59.1 Å². The summed E-state index contributed by atoms with van der Waals surface area (Å²) in [5.74, 6) is 5.98. The van der Waals surface area contributed by atoms with E-state index in [1.165, 1.54) is 10.5 Å². The van der Waals surface area contributed by atoms with E-state index in [9.17, 15) is 32.3 Å². The second-order valence-corrected chi connectivity index (χ2v) is 20.3. The Bertz CT molecular complexity index is 2560. The zero-order chi connectivity index (χ0) is 48.2. The van der Waals surface area contributed by atoms with Crippen LogP contribution in [0.3, 0.4) is 0 Å². The van der Waals surface area contributed by atoms with Crippen LogP contribution in [0.2, 0.25) is 0 Å². The van der Waals surface area contributed by atoms with E-state index < -0.39 is 41.3 Å². The van der Waals surface area contributed by atoms with Crippen LogP contribution in [0, 0.1) is 30.1 Å². The largest absolute Gasteiger partial charge is 0.453 e. The number of halogens is 3. The highest BCUT2D eigenvalue weighted by atomic mass is 32.1. The van der Waals surface area contributed by atoms with Crippen LogP contribution in [0.5, 0.6) is 0 Å². The van der Waals surface area contributed by atoms with Gasteiger partial charge in [-0.05, 0) is 98.8 Å². The number of ketones is 1. The van der Waals surface area contributed by atoms with Crippen molar-refractivity contribution in [1.82, 2.24) is 45.2 Å². The number of likely N-dealkylation sites (tertiary alicyclic amines) is 3. The van der Waals surface area contributed by atoms with Crippen LogP contribution in [-0.4, -0.2) is 115 Å². The van der Waals surface area contributed by atoms with Crippen molar-refractivity contribution in [3.05, 3.63) is 88.1 Å². The smallest absolute Gasteiger partial charge is 0.359 e. The highest BCUT2D eigenvalue weighted by molar-refractivity contribution is 7.13. The summed E-state index contributed by atoms with van der Waals surface area (Å²) < 4.78 is 41.1. The van der Waals surface area contributed by atoms with E-state index in [1.807, 2.05) is 57.5 Å². The van der Waals surface area contributed by atoms with E-state index in [0.29, 0.717) is 44.1 Å². The molecule has 2 aromatic heterocycles. The highest BCUT2D eigenvalue weighted by Gasteiger charge is 2.45. The second-order valence-electron chi connectivity index (χ2n) is 19.4. The number of nitrogens with one attached hydrogen (secondary N) is 2. The van der Waals surface area contributed by atoms with E-state index in [4.69, 9.17) is 0 Å². The van der Waals surface area contributed by atoms with Crippen molar-refractivity contribution in [1.29, 1.82) is 0 Å². The Morgan fingerprint density at radius 2 is 1.65 bits per heavy atom. The van der Waals surface area contributed by atoms with E-state index in [0.717, 1.165) is 77.3 Å². The van der Waals surface area contributed by atoms with E-state index in [1.54, 1.807) is 11.3 Å². The van der Waals surface area contributed by atoms with Gasteiger partial charge in [-0.3, -0.25) is 19.2 Å². The zero-order valence-electron chi connectivity index (χ0n) is 39.1. The summed E-state index contributed by atoms with van der Waals surface area (Å²) in [7, 11) is 0. The van der Waals surface area contributed by atoms with Crippen LogP contribution in [-0.2, 0) is 38.3 Å². The molecule has 360 valence electrons. The van der Waals surface area contributed by atoms with Crippen molar-refractivity contribution in [2.24, 2.45) is 16.4 Å². The molecule has 8 rings (SSSR count). The SMILES string of the molecule is Cc1ncsc1-c1ccc(CNC(=O)C2CC(=O)CN2C(=O)C(NC(=O)CCCN2CCC(C#Cc3ccc(C4CCN(C5=Nn6c(nnc6C(F)(F)F)CC5)CC4)cc3)CC2)C(C)(C)C)cc1. The fourth-order valence-corrected chi connectivity index (χ4v) is 10.3. The molecule has 3 saturated heterocycles. The van der Waals surface area contributed by atoms with Crippen molar-refractivity contribution in [3.8, 4) is 22.3 Å². The average molecular weight is 953 g/mol. The van der Waals surface area contributed by atoms with Crippen LogP contribution in [0.25, 0.3) is 10.4 Å². The van der Waals surface area contributed by atoms with Crippen LogP contribution < -0.4 is 10.6 Å². The number of piperidine rings is 2. The summed E-state index contributed by atoms with van der Waals surface area (Å²) in [4.78, 5) is 64.7. The molecule has 2 atom stereocenters. The zero-order valence-corrected chi connectivity index (χ0v) is 39.9. The van der Waals surface area contributed by atoms with Gasteiger partial charge in [-0.25, -0.2) is 4.98 Å². The van der Waals surface area contributed by atoms with Gasteiger partial charge in [0, 0.05) is 56.8 Å². The molecule has 18 heteroatoms. The van der Waals surface area contributed by atoms with Crippen molar-refractivity contribution in [3.63, 3.8) is 0 Å². The molecule has 0 saturated carbocycles. The number of amides is 3. The summed E-state index contributed by atoms with van der Waals surface area (Å²) in [6.45, 7) is 11.6. The number of aromatic nitrogens is 4. The Morgan fingerprint density at radius 1 is 0.926 bits per heavy atom. The molecular weight excluding hydrogens is 894 g/mol. The monoisotopic (exact) mass is 952 g/mol. The predicted octanol–water partition coefficient (Wildman–Crippen LogP) is 6.58. The quantitative estimate of drug-likeness (QED) is 0.159. The molecule has 3 amide bonds. The lowest BCUT2D eigenvalue weighted by Gasteiger charge is -2.35. The maximum atomic E-state index is 14.0. The molecular formula is C50H59F3N10O4S. The molecule has 14 nitrogen and oxygen atoms in total. The average Bonchev–Trinajstić information content (AvgIpc) is 4.07. The Kier molecular flexibility index (Phi) is 14.8. The van der Waals surface area contributed by atoms with Gasteiger partial charge in [0.15, 0.2) is 11.6 Å². The third kappa shape index (κ3) is 11.7. The standard InChI is InChI=1S/C50H59F3N10O4S/c1-32-44(68-31-55-32)38-15-11-35(12-16-38)29-54-46(66)40-28-39(64)30-62(40)47(67)45(49(2,3)4)56-43(65)6-5-23-60-24-19-34(20-25-60)8-7-33-9-13-36(14-10-33)37-21-26-61(27-22-37)42-18-17-41-57-58-48(50(51,52)53)63(41)59-42/h9-16,31,34,37,40,45H,5-6,17-30H2,1-4H3,(H,54,66)(H,56,65). The Labute approximate surface area is 399 Å². The Balaban J connectivity index is 0.748. The van der Waals surface area contributed by atoms with Crippen molar-refractivity contribution in [2.75, 3.05) is 39.3 Å². The number of alkyl halides is 3. The van der Waals surface area contributed by atoms with Gasteiger partial charge in [0.25, 0.3) is 5.82 Å². The minimum absolute atomic E-state index is 0.0694. The number of carbonyl (C=O) groups is 4. The lowest BCUT2D eigenvalue weighted by atomic mass is 9.85. The van der Waals surface area contributed by atoms with Gasteiger partial charge in [0.1, 0.15) is 17.9 Å². The van der Waals surface area contributed by atoms with Crippen molar-refractivity contribution < 1.29 is 32.3 Å². The van der Waals surface area contributed by atoms with Crippen molar-refractivity contribution >= 4 is 40.7 Å². The lowest BCUT2D eigenvalue weighted by molar-refractivity contribution is -0.147. The Morgan fingerprint density at radius 3 is 2.31 bits per heavy atom. The number of carbonyl (C=O) groups excluding carboxylic acids is 4. The molecule has 2 unspecified atom stereocenters. The lowest BCUT2D eigenvalue weighted by Crippen LogP contribution is -2.57. The number of hydrogen-bond acceptors (Lipinski definition) is 11. The summed E-state index contributed by atoms with van der Waals surface area (Å²) in [6.07, 6.45) is 0.718. The third-order valence-corrected chi connectivity index (χ3v) is 14.4. The number of Topliss-reactive ketones (excluding diaryl/α,β-unsaturated/α-hetero) is 1. The maximum Gasteiger partial charge on any atom is 0.453 e. The first-order chi connectivity index (χ1) is 32.5. The van der Waals surface area contributed by atoms with Gasteiger partial charge < -0.3 is 25.3 Å². The van der Waals surface area contributed by atoms with Gasteiger partial charge in [-0.2, -0.15) is 22.9 Å².